The van der Waals surface area contributed by atoms with Crippen LogP contribution < -0.4 is 5.32 Å². The highest BCUT2D eigenvalue weighted by Gasteiger charge is 2.14. The maximum atomic E-state index is 12.5. The van der Waals surface area contributed by atoms with Crippen LogP contribution in [0.2, 0.25) is 0 Å². The fourth-order valence-electron chi connectivity index (χ4n) is 3.66. The Bertz CT molecular complexity index is 973. The molecule has 1 saturated heterocycles. The van der Waals surface area contributed by atoms with Crippen molar-refractivity contribution in [3.63, 3.8) is 0 Å². The van der Waals surface area contributed by atoms with E-state index in [0.717, 1.165) is 55.9 Å². The minimum atomic E-state index is -0.0977. The number of likely N-dealkylation sites (N-methyl/N-ethyl adjacent to an activating group) is 1. The SMILES string of the molecule is CCn1nnc2cc(C(=O)NCc3ccc(CN4CCN(C)CC4)cc3)ccc21. The predicted molar refractivity (Wildman–Crippen MR) is 114 cm³/mol. The Balaban J connectivity index is 1.32. The number of rotatable bonds is 6. The summed E-state index contributed by atoms with van der Waals surface area (Å²) < 4.78 is 1.82. The van der Waals surface area contributed by atoms with Crippen molar-refractivity contribution in [1.82, 2.24) is 30.1 Å². The van der Waals surface area contributed by atoms with Gasteiger partial charge in [0.2, 0.25) is 0 Å². The van der Waals surface area contributed by atoms with Crippen molar-refractivity contribution in [2.75, 3.05) is 33.2 Å². The van der Waals surface area contributed by atoms with E-state index < -0.39 is 0 Å². The van der Waals surface area contributed by atoms with Crippen LogP contribution in [0, 0.1) is 0 Å². The Labute approximate surface area is 171 Å². The lowest BCUT2D eigenvalue weighted by Gasteiger charge is -2.32. The van der Waals surface area contributed by atoms with E-state index >= 15 is 0 Å². The van der Waals surface area contributed by atoms with Gasteiger partial charge in [-0.2, -0.15) is 0 Å². The van der Waals surface area contributed by atoms with E-state index in [1.54, 1.807) is 6.07 Å². The molecule has 4 rings (SSSR count). The zero-order chi connectivity index (χ0) is 20.2. The lowest BCUT2D eigenvalue weighted by atomic mass is 10.1. The average molecular weight is 393 g/mol. The number of nitrogens with zero attached hydrogens (tertiary/aromatic N) is 5. The summed E-state index contributed by atoms with van der Waals surface area (Å²) in [6, 6.07) is 14.0. The second kappa shape index (κ2) is 8.71. The van der Waals surface area contributed by atoms with Crippen LogP contribution in [0.3, 0.4) is 0 Å². The fraction of sp³-hybridized carbons (Fsp3) is 0.409. The van der Waals surface area contributed by atoms with E-state index in [0.29, 0.717) is 12.1 Å². The molecule has 0 unspecified atom stereocenters. The molecule has 2 heterocycles. The van der Waals surface area contributed by atoms with Crippen molar-refractivity contribution in [1.29, 1.82) is 0 Å². The number of piperazine rings is 1. The first kappa shape index (κ1) is 19.5. The highest BCUT2D eigenvalue weighted by Crippen LogP contribution is 2.14. The molecule has 1 aromatic heterocycles. The molecule has 0 atom stereocenters. The molecule has 29 heavy (non-hydrogen) atoms. The normalized spacial score (nSPS) is 15.7. The maximum Gasteiger partial charge on any atom is 0.251 e. The van der Waals surface area contributed by atoms with Crippen molar-refractivity contribution < 1.29 is 4.79 Å². The summed E-state index contributed by atoms with van der Waals surface area (Å²) in [5, 5.41) is 11.2. The molecule has 1 aliphatic rings. The lowest BCUT2D eigenvalue weighted by molar-refractivity contribution is 0.0951. The van der Waals surface area contributed by atoms with Gasteiger partial charge in [-0.3, -0.25) is 9.69 Å². The van der Waals surface area contributed by atoms with Crippen molar-refractivity contribution >= 4 is 16.9 Å². The van der Waals surface area contributed by atoms with Crippen LogP contribution >= 0.6 is 0 Å². The third kappa shape index (κ3) is 4.63. The number of fused-ring (bicyclic) bond motifs is 1. The van der Waals surface area contributed by atoms with Crippen LogP contribution in [0.5, 0.6) is 0 Å². The van der Waals surface area contributed by atoms with Crippen molar-refractivity contribution in [2.24, 2.45) is 0 Å². The zero-order valence-electron chi connectivity index (χ0n) is 17.1. The van der Waals surface area contributed by atoms with E-state index in [4.69, 9.17) is 0 Å². The second-order valence-corrected chi connectivity index (χ2v) is 7.69. The molecular formula is C22H28N6O. The van der Waals surface area contributed by atoms with Gasteiger partial charge in [-0.05, 0) is 43.3 Å². The molecule has 0 spiro atoms. The third-order valence-electron chi connectivity index (χ3n) is 5.55. The monoisotopic (exact) mass is 392 g/mol. The second-order valence-electron chi connectivity index (χ2n) is 7.69. The summed E-state index contributed by atoms with van der Waals surface area (Å²) in [5.74, 6) is -0.0977. The van der Waals surface area contributed by atoms with Gasteiger partial charge in [0, 0.05) is 51.4 Å². The van der Waals surface area contributed by atoms with Gasteiger partial charge in [-0.15, -0.1) is 5.10 Å². The van der Waals surface area contributed by atoms with Gasteiger partial charge in [-0.25, -0.2) is 4.68 Å². The molecule has 0 saturated carbocycles. The number of amides is 1. The van der Waals surface area contributed by atoms with E-state index in [1.165, 1.54) is 5.56 Å². The highest BCUT2D eigenvalue weighted by molar-refractivity contribution is 5.97. The number of benzene rings is 2. The van der Waals surface area contributed by atoms with Crippen LogP contribution in [0.25, 0.3) is 11.0 Å². The smallest absolute Gasteiger partial charge is 0.251 e. The third-order valence-corrected chi connectivity index (χ3v) is 5.55. The number of carbonyl (C=O) groups is 1. The molecule has 152 valence electrons. The molecule has 0 radical (unpaired) electrons. The summed E-state index contributed by atoms with van der Waals surface area (Å²) in [6.45, 7) is 8.76. The van der Waals surface area contributed by atoms with Gasteiger partial charge >= 0.3 is 0 Å². The van der Waals surface area contributed by atoms with Gasteiger partial charge in [0.1, 0.15) is 5.52 Å². The molecule has 2 aromatic carbocycles. The van der Waals surface area contributed by atoms with Crippen LogP contribution in [-0.2, 0) is 19.6 Å². The van der Waals surface area contributed by atoms with Gasteiger partial charge in [0.25, 0.3) is 5.91 Å². The minimum Gasteiger partial charge on any atom is -0.348 e. The Morgan fingerprint density at radius 1 is 1.03 bits per heavy atom. The first-order chi connectivity index (χ1) is 14.1. The molecule has 1 N–H and O–H groups in total. The molecule has 3 aromatic rings. The topological polar surface area (TPSA) is 66.3 Å². The first-order valence-corrected chi connectivity index (χ1v) is 10.2. The Hall–Kier alpha value is -2.77. The Kier molecular flexibility index (Phi) is 5.87. The Morgan fingerprint density at radius 2 is 1.76 bits per heavy atom. The van der Waals surface area contributed by atoms with Gasteiger partial charge in [0.05, 0.1) is 5.52 Å². The molecule has 0 bridgehead atoms. The van der Waals surface area contributed by atoms with E-state index in [1.807, 2.05) is 23.7 Å². The fourth-order valence-corrected chi connectivity index (χ4v) is 3.66. The summed E-state index contributed by atoms with van der Waals surface area (Å²) in [4.78, 5) is 17.4. The van der Waals surface area contributed by atoms with Gasteiger partial charge < -0.3 is 10.2 Å². The molecule has 1 aliphatic heterocycles. The maximum absolute atomic E-state index is 12.5. The largest absolute Gasteiger partial charge is 0.348 e. The zero-order valence-corrected chi connectivity index (χ0v) is 17.1. The standard InChI is InChI=1S/C22H28N6O/c1-3-28-21-9-8-19(14-20(21)24-25-28)22(29)23-15-17-4-6-18(7-5-17)16-27-12-10-26(2)11-13-27/h4-9,14H,3,10-13,15-16H2,1-2H3,(H,23,29). The van der Waals surface area contributed by atoms with E-state index in [-0.39, 0.29) is 5.91 Å². The van der Waals surface area contributed by atoms with Crippen LogP contribution in [-0.4, -0.2) is 63.9 Å². The van der Waals surface area contributed by atoms with Crippen molar-refractivity contribution in [2.45, 2.75) is 26.6 Å². The summed E-state index contributed by atoms with van der Waals surface area (Å²) >= 11 is 0. The van der Waals surface area contributed by atoms with Crippen LogP contribution in [0.1, 0.15) is 28.4 Å². The molecular weight excluding hydrogens is 364 g/mol. The number of aromatic nitrogens is 3. The Morgan fingerprint density at radius 3 is 2.48 bits per heavy atom. The highest BCUT2D eigenvalue weighted by atomic mass is 16.1. The van der Waals surface area contributed by atoms with Crippen molar-refractivity contribution in [3.05, 3.63) is 59.2 Å². The summed E-state index contributed by atoms with van der Waals surface area (Å²) in [7, 11) is 2.17. The number of nitrogens with one attached hydrogen (secondary N) is 1. The van der Waals surface area contributed by atoms with E-state index in [9.17, 15) is 4.79 Å². The molecule has 1 fully saturated rings. The lowest BCUT2D eigenvalue weighted by Crippen LogP contribution is -2.43. The average Bonchev–Trinajstić information content (AvgIpc) is 3.17. The molecule has 7 heteroatoms. The molecule has 0 aliphatic carbocycles. The number of hydrogen-bond donors (Lipinski definition) is 1. The number of hydrogen-bond acceptors (Lipinski definition) is 5. The quantitative estimate of drug-likeness (QED) is 0.696. The van der Waals surface area contributed by atoms with Crippen molar-refractivity contribution in [3.8, 4) is 0 Å². The van der Waals surface area contributed by atoms with Gasteiger partial charge in [-0.1, -0.05) is 29.5 Å². The molecule has 1 amide bonds. The predicted octanol–water partition coefficient (Wildman–Crippen LogP) is 2.13. The molecule has 7 nitrogen and oxygen atoms in total. The van der Waals surface area contributed by atoms with Crippen LogP contribution in [0.15, 0.2) is 42.5 Å². The first-order valence-electron chi connectivity index (χ1n) is 10.2. The number of carbonyl (C=O) groups excluding carboxylic acids is 1. The van der Waals surface area contributed by atoms with Gasteiger partial charge in [0.15, 0.2) is 0 Å². The summed E-state index contributed by atoms with van der Waals surface area (Å²) in [5.41, 5.74) is 4.70. The van der Waals surface area contributed by atoms with E-state index in [2.05, 4.69) is 56.7 Å². The van der Waals surface area contributed by atoms with Crippen LogP contribution in [0.4, 0.5) is 0 Å². The number of aryl methyl sites for hydroxylation is 1. The minimum absolute atomic E-state index is 0.0977. The summed E-state index contributed by atoms with van der Waals surface area (Å²) in [6.07, 6.45) is 0.